The van der Waals surface area contributed by atoms with E-state index in [9.17, 15) is 4.79 Å². The van der Waals surface area contributed by atoms with Crippen LogP contribution in [0.4, 0.5) is 0 Å². The van der Waals surface area contributed by atoms with Gasteiger partial charge in [0.1, 0.15) is 12.7 Å². The van der Waals surface area contributed by atoms with E-state index in [1.165, 1.54) is 0 Å². The van der Waals surface area contributed by atoms with Crippen LogP contribution in [-0.4, -0.2) is 30.8 Å². The highest BCUT2D eigenvalue weighted by Crippen LogP contribution is 2.08. The highest BCUT2D eigenvalue weighted by Gasteiger charge is 2.23. The second-order valence-electron chi connectivity index (χ2n) is 1.79. The van der Waals surface area contributed by atoms with E-state index < -0.39 is 0 Å². The molecule has 1 fully saturated rings. The summed E-state index contributed by atoms with van der Waals surface area (Å²) in [5, 5.41) is 0. The van der Waals surface area contributed by atoms with E-state index in [0.717, 1.165) is 6.08 Å². The molecule has 0 saturated carbocycles. The van der Waals surface area contributed by atoms with Crippen LogP contribution in [-0.2, 0) is 14.3 Å². The Morgan fingerprint density at radius 1 is 1.90 bits per heavy atom. The molecule has 0 spiro atoms. The zero-order valence-corrected chi connectivity index (χ0v) is 5.45. The first-order valence-electron chi connectivity index (χ1n) is 2.73. The fourth-order valence-electron chi connectivity index (χ4n) is 0.398. The average molecular weight is 145 g/mol. The molecule has 0 bridgehead atoms. The van der Waals surface area contributed by atoms with Gasteiger partial charge in [0.2, 0.25) is 0 Å². The molecule has 1 unspecified atom stereocenters. The summed E-state index contributed by atoms with van der Waals surface area (Å²) in [6.45, 7) is 4.32. The molecule has 0 aromatic heterocycles. The highest BCUT2D eigenvalue weighted by molar-refractivity contribution is 5.81. The van der Waals surface area contributed by atoms with Gasteiger partial charge in [0, 0.05) is 6.08 Å². The lowest BCUT2D eigenvalue weighted by Crippen LogP contribution is -2.06. The minimum Gasteiger partial charge on any atom is -0.460 e. The number of carbonyl (C=O) groups excluding carboxylic acids is 1. The molecule has 1 saturated heterocycles. The molecular formula is C6H9O4. The lowest BCUT2D eigenvalue weighted by Gasteiger charge is -1.94. The summed E-state index contributed by atoms with van der Waals surface area (Å²) in [7, 11) is 0. The Labute approximate surface area is 58.7 Å². The molecule has 0 amide bonds. The van der Waals surface area contributed by atoms with Gasteiger partial charge in [-0.25, -0.2) is 4.79 Å². The molecule has 0 aliphatic carbocycles. The Hall–Kier alpha value is -0.870. The molecule has 57 valence electrons. The topological polar surface area (TPSA) is 68.8 Å². The van der Waals surface area contributed by atoms with Crippen molar-refractivity contribution in [3.63, 3.8) is 0 Å². The van der Waals surface area contributed by atoms with Gasteiger partial charge in [0.15, 0.2) is 0 Å². The number of hydrogen-bond donors (Lipinski definition) is 1. The van der Waals surface area contributed by atoms with Crippen molar-refractivity contribution >= 4 is 5.97 Å². The molecule has 1 N–H and O–H groups in total. The van der Waals surface area contributed by atoms with Crippen molar-refractivity contribution in [3.8, 4) is 0 Å². The number of esters is 1. The van der Waals surface area contributed by atoms with Gasteiger partial charge in [-0.2, -0.15) is 0 Å². The molecule has 4 heteroatoms. The number of carbonyl (C=O) groups is 1. The van der Waals surface area contributed by atoms with Crippen LogP contribution < -0.4 is 0 Å². The lowest BCUT2D eigenvalue weighted by molar-refractivity contribution is -0.138. The van der Waals surface area contributed by atoms with Gasteiger partial charge in [-0.05, 0) is 0 Å². The van der Waals surface area contributed by atoms with E-state index >= 15 is 0 Å². The molecule has 4 nitrogen and oxygen atoms in total. The molecule has 1 heterocycles. The van der Waals surface area contributed by atoms with Crippen molar-refractivity contribution in [3.05, 3.63) is 12.7 Å². The lowest BCUT2D eigenvalue weighted by atomic mass is 10.5. The third kappa shape index (κ3) is 3.21. The number of rotatable bonds is 3. The second kappa shape index (κ2) is 4.03. The van der Waals surface area contributed by atoms with Gasteiger partial charge in [0.05, 0.1) is 6.61 Å². The first-order chi connectivity index (χ1) is 4.33. The largest absolute Gasteiger partial charge is 0.460 e. The van der Waals surface area contributed by atoms with Crippen LogP contribution >= 0.6 is 0 Å². The molecule has 1 aliphatic heterocycles. The number of epoxide rings is 1. The third-order valence-corrected chi connectivity index (χ3v) is 0.981. The summed E-state index contributed by atoms with van der Waals surface area (Å²) in [5.41, 5.74) is 0. The molecule has 10 heavy (non-hydrogen) atoms. The number of ether oxygens (including phenoxy) is 2. The van der Waals surface area contributed by atoms with Crippen molar-refractivity contribution in [2.24, 2.45) is 0 Å². The van der Waals surface area contributed by atoms with E-state index in [1.54, 1.807) is 0 Å². The van der Waals surface area contributed by atoms with Gasteiger partial charge in [-0.15, -0.1) is 0 Å². The van der Waals surface area contributed by atoms with Crippen molar-refractivity contribution in [2.45, 2.75) is 6.10 Å². The summed E-state index contributed by atoms with van der Waals surface area (Å²) >= 11 is 0. The van der Waals surface area contributed by atoms with Crippen molar-refractivity contribution < 1.29 is 19.7 Å². The zero-order chi connectivity index (χ0) is 6.69. The highest BCUT2D eigenvalue weighted by atomic mass is 16.6. The maximum absolute atomic E-state index is 10.3. The van der Waals surface area contributed by atoms with Gasteiger partial charge >= 0.3 is 5.97 Å². The van der Waals surface area contributed by atoms with E-state index in [1.807, 2.05) is 0 Å². The van der Waals surface area contributed by atoms with Crippen molar-refractivity contribution in [2.75, 3.05) is 13.2 Å². The summed E-state index contributed by atoms with van der Waals surface area (Å²) in [4.78, 5) is 10.3. The van der Waals surface area contributed by atoms with E-state index in [0.29, 0.717) is 13.2 Å². The van der Waals surface area contributed by atoms with Crippen LogP contribution in [0.3, 0.4) is 0 Å². The summed E-state index contributed by atoms with van der Waals surface area (Å²) in [5.74, 6) is -0.384. The minimum atomic E-state index is -0.384. The maximum atomic E-state index is 10.3. The van der Waals surface area contributed by atoms with Crippen LogP contribution in [0.1, 0.15) is 0 Å². The maximum Gasteiger partial charge on any atom is 0.330 e. The SMILES string of the molecule is C=CC(=O)OCC1CO1.[OH]. The Morgan fingerprint density at radius 2 is 2.50 bits per heavy atom. The molecule has 0 aromatic rings. The Morgan fingerprint density at radius 3 is 2.90 bits per heavy atom. The minimum absolute atomic E-state index is 0. The van der Waals surface area contributed by atoms with E-state index in [-0.39, 0.29) is 17.5 Å². The zero-order valence-electron chi connectivity index (χ0n) is 5.45. The Bertz CT molecular complexity index is 128. The molecule has 1 rings (SSSR count). The third-order valence-electron chi connectivity index (χ3n) is 0.981. The molecular weight excluding hydrogens is 136 g/mol. The van der Waals surface area contributed by atoms with Crippen LogP contribution in [0.25, 0.3) is 0 Å². The van der Waals surface area contributed by atoms with Crippen molar-refractivity contribution in [1.29, 1.82) is 0 Å². The van der Waals surface area contributed by atoms with E-state index in [4.69, 9.17) is 4.74 Å². The standard InChI is InChI=1S/C6H8O3.HO/c1-2-6(7)9-4-5-3-8-5;/h2,5H,1,3-4H2;1H. The van der Waals surface area contributed by atoms with Gasteiger partial charge < -0.3 is 9.47 Å². The molecule has 1 atom stereocenters. The Kier molecular flexibility index (Phi) is 3.68. The monoisotopic (exact) mass is 145 g/mol. The van der Waals surface area contributed by atoms with Crippen molar-refractivity contribution in [1.82, 2.24) is 0 Å². The predicted octanol–water partition coefficient (Wildman–Crippen LogP) is -0.0624. The number of hydrogen-bond acceptors (Lipinski definition) is 3. The summed E-state index contributed by atoms with van der Waals surface area (Å²) in [6, 6.07) is 0. The molecule has 1 aliphatic rings. The Balaban J connectivity index is 0.000000810. The molecule has 1 radical (unpaired) electrons. The smallest absolute Gasteiger partial charge is 0.330 e. The first kappa shape index (κ1) is 9.13. The van der Waals surface area contributed by atoms with Crippen LogP contribution in [0, 0.1) is 0 Å². The van der Waals surface area contributed by atoms with Gasteiger partial charge in [-0.3, -0.25) is 5.48 Å². The second-order valence-corrected chi connectivity index (χ2v) is 1.79. The normalized spacial score (nSPS) is 20.6. The first-order valence-corrected chi connectivity index (χ1v) is 2.73. The fourth-order valence-corrected chi connectivity index (χ4v) is 0.398. The van der Waals surface area contributed by atoms with Crippen LogP contribution in [0.15, 0.2) is 12.7 Å². The molecule has 0 aromatic carbocycles. The van der Waals surface area contributed by atoms with Gasteiger partial charge in [-0.1, -0.05) is 6.58 Å². The van der Waals surface area contributed by atoms with Crippen LogP contribution in [0.5, 0.6) is 0 Å². The van der Waals surface area contributed by atoms with Crippen LogP contribution in [0.2, 0.25) is 0 Å². The quantitative estimate of drug-likeness (QED) is 0.343. The summed E-state index contributed by atoms with van der Waals surface area (Å²) in [6.07, 6.45) is 1.29. The van der Waals surface area contributed by atoms with Gasteiger partial charge in [0.25, 0.3) is 0 Å². The predicted molar refractivity (Wildman–Crippen MR) is 32.8 cm³/mol. The summed E-state index contributed by atoms with van der Waals surface area (Å²) < 4.78 is 9.42. The van der Waals surface area contributed by atoms with E-state index in [2.05, 4.69) is 11.3 Å². The fraction of sp³-hybridized carbons (Fsp3) is 0.500. The average Bonchev–Trinajstić information content (AvgIpc) is 2.65.